The van der Waals surface area contributed by atoms with Gasteiger partial charge in [0, 0.05) is 6.42 Å². The smallest absolute Gasteiger partial charge is 0.326 e. The molecule has 0 bridgehead atoms. The van der Waals surface area contributed by atoms with Crippen LogP contribution in [0.5, 0.6) is 5.75 Å². The molecular weight excluding hydrogens is 308 g/mol. The van der Waals surface area contributed by atoms with Gasteiger partial charge in [-0.15, -0.1) is 0 Å². The SMILES string of the molecule is CC(C)(C)Oc1ccc(C[C@H](NC(=O)[C@@H]2CCCN2)C(=O)O)cc1. The molecule has 1 aliphatic heterocycles. The number of amides is 1. The zero-order chi connectivity index (χ0) is 17.7. The van der Waals surface area contributed by atoms with E-state index in [2.05, 4.69) is 10.6 Å². The van der Waals surface area contributed by atoms with E-state index in [1.165, 1.54) is 0 Å². The van der Waals surface area contributed by atoms with Gasteiger partial charge in [0.15, 0.2) is 0 Å². The number of carbonyl (C=O) groups excluding carboxylic acids is 1. The molecule has 0 radical (unpaired) electrons. The molecule has 1 heterocycles. The van der Waals surface area contributed by atoms with Gasteiger partial charge in [-0.3, -0.25) is 4.79 Å². The van der Waals surface area contributed by atoms with E-state index >= 15 is 0 Å². The Morgan fingerprint density at radius 2 is 2.00 bits per heavy atom. The minimum atomic E-state index is -1.03. The molecule has 1 aliphatic rings. The monoisotopic (exact) mass is 334 g/mol. The predicted molar refractivity (Wildman–Crippen MR) is 91.1 cm³/mol. The average molecular weight is 334 g/mol. The Labute approximate surface area is 142 Å². The van der Waals surface area contributed by atoms with Crippen LogP contribution < -0.4 is 15.4 Å². The summed E-state index contributed by atoms with van der Waals surface area (Å²) < 4.78 is 5.75. The lowest BCUT2D eigenvalue weighted by atomic mass is 10.0. The van der Waals surface area contributed by atoms with Crippen molar-refractivity contribution in [1.29, 1.82) is 0 Å². The van der Waals surface area contributed by atoms with E-state index in [0.29, 0.717) is 0 Å². The molecule has 0 aliphatic carbocycles. The summed E-state index contributed by atoms with van der Waals surface area (Å²) in [5.41, 5.74) is 0.552. The second-order valence-electron chi connectivity index (χ2n) is 7.11. The second-order valence-corrected chi connectivity index (χ2v) is 7.11. The van der Waals surface area contributed by atoms with Crippen LogP contribution in [0, 0.1) is 0 Å². The van der Waals surface area contributed by atoms with Crippen LogP contribution in [0.2, 0.25) is 0 Å². The van der Waals surface area contributed by atoms with E-state index in [1.54, 1.807) is 0 Å². The van der Waals surface area contributed by atoms with Crippen LogP contribution in [0.3, 0.4) is 0 Å². The fourth-order valence-electron chi connectivity index (χ4n) is 2.66. The third-order valence-electron chi connectivity index (χ3n) is 3.78. The van der Waals surface area contributed by atoms with E-state index in [1.807, 2.05) is 45.0 Å². The van der Waals surface area contributed by atoms with Gasteiger partial charge in [0.1, 0.15) is 17.4 Å². The van der Waals surface area contributed by atoms with Crippen LogP contribution in [0.4, 0.5) is 0 Å². The molecule has 132 valence electrons. The Kier molecular flexibility index (Phi) is 5.83. The number of carbonyl (C=O) groups is 2. The van der Waals surface area contributed by atoms with E-state index in [0.717, 1.165) is 30.7 Å². The Balaban J connectivity index is 1.97. The zero-order valence-electron chi connectivity index (χ0n) is 14.5. The average Bonchev–Trinajstić information content (AvgIpc) is 3.01. The van der Waals surface area contributed by atoms with Crippen molar-refractivity contribution in [3.05, 3.63) is 29.8 Å². The molecule has 1 aromatic carbocycles. The van der Waals surface area contributed by atoms with E-state index < -0.39 is 12.0 Å². The van der Waals surface area contributed by atoms with Crippen LogP contribution in [0.1, 0.15) is 39.2 Å². The first-order chi connectivity index (χ1) is 11.2. The van der Waals surface area contributed by atoms with Gasteiger partial charge in [0.05, 0.1) is 6.04 Å². The van der Waals surface area contributed by atoms with Crippen LogP contribution >= 0.6 is 0 Å². The summed E-state index contributed by atoms with van der Waals surface area (Å²) in [6.45, 7) is 6.70. The molecule has 24 heavy (non-hydrogen) atoms. The van der Waals surface area contributed by atoms with Crippen LogP contribution in [-0.4, -0.2) is 41.2 Å². The zero-order valence-corrected chi connectivity index (χ0v) is 14.5. The largest absolute Gasteiger partial charge is 0.488 e. The summed E-state index contributed by atoms with van der Waals surface area (Å²) in [7, 11) is 0. The topological polar surface area (TPSA) is 87.7 Å². The number of rotatable bonds is 6. The molecular formula is C18H26N2O4. The summed E-state index contributed by atoms with van der Waals surface area (Å²) in [5.74, 6) is -0.540. The highest BCUT2D eigenvalue weighted by Gasteiger charge is 2.27. The fourth-order valence-corrected chi connectivity index (χ4v) is 2.66. The van der Waals surface area contributed by atoms with Gasteiger partial charge in [0.2, 0.25) is 5.91 Å². The maximum absolute atomic E-state index is 12.1. The second kappa shape index (κ2) is 7.66. The number of hydrogen-bond acceptors (Lipinski definition) is 4. The number of hydrogen-bond donors (Lipinski definition) is 3. The molecule has 1 fully saturated rings. The minimum Gasteiger partial charge on any atom is -0.488 e. The summed E-state index contributed by atoms with van der Waals surface area (Å²) in [6, 6.07) is 6.08. The highest BCUT2D eigenvalue weighted by Crippen LogP contribution is 2.19. The van der Waals surface area contributed by atoms with Gasteiger partial charge >= 0.3 is 5.97 Å². The molecule has 6 heteroatoms. The lowest BCUT2D eigenvalue weighted by Gasteiger charge is -2.21. The van der Waals surface area contributed by atoms with Crippen LogP contribution in [0.15, 0.2) is 24.3 Å². The van der Waals surface area contributed by atoms with Gasteiger partial charge in [-0.25, -0.2) is 4.79 Å². The van der Waals surface area contributed by atoms with E-state index in [4.69, 9.17) is 4.74 Å². The molecule has 1 saturated heterocycles. The van der Waals surface area contributed by atoms with Gasteiger partial charge in [-0.2, -0.15) is 0 Å². The van der Waals surface area contributed by atoms with Gasteiger partial charge in [-0.1, -0.05) is 12.1 Å². The van der Waals surface area contributed by atoms with Crippen molar-refractivity contribution in [3.8, 4) is 5.75 Å². The third-order valence-corrected chi connectivity index (χ3v) is 3.78. The Morgan fingerprint density at radius 3 is 2.50 bits per heavy atom. The maximum Gasteiger partial charge on any atom is 0.326 e. The van der Waals surface area contributed by atoms with E-state index in [-0.39, 0.29) is 24.0 Å². The number of ether oxygens (including phenoxy) is 1. The van der Waals surface area contributed by atoms with Crippen LogP contribution in [0.25, 0.3) is 0 Å². The van der Waals surface area contributed by atoms with Crippen molar-refractivity contribution in [2.24, 2.45) is 0 Å². The molecule has 1 aromatic rings. The first-order valence-corrected chi connectivity index (χ1v) is 8.29. The fraction of sp³-hybridized carbons (Fsp3) is 0.556. The highest BCUT2D eigenvalue weighted by atomic mass is 16.5. The standard InChI is InChI=1S/C18H26N2O4/c1-18(2,3)24-13-8-6-12(7-9-13)11-15(17(22)23)20-16(21)14-5-4-10-19-14/h6-9,14-15,19H,4-5,10-11H2,1-3H3,(H,20,21)(H,22,23)/t14-,15-/m0/s1. The Hall–Kier alpha value is -2.08. The molecule has 0 unspecified atom stereocenters. The lowest BCUT2D eigenvalue weighted by Crippen LogP contribution is -2.49. The van der Waals surface area contributed by atoms with Crippen molar-refractivity contribution in [2.45, 2.75) is 57.7 Å². The minimum absolute atomic E-state index is 0.240. The first kappa shape index (κ1) is 18.3. The predicted octanol–water partition coefficient (Wildman–Crippen LogP) is 1.73. The molecule has 2 rings (SSSR count). The highest BCUT2D eigenvalue weighted by molar-refractivity contribution is 5.87. The molecule has 0 aromatic heterocycles. The molecule has 0 spiro atoms. The summed E-state index contributed by atoms with van der Waals surface area (Å²) >= 11 is 0. The normalized spacial score (nSPS) is 18.9. The number of carboxylic acids is 1. The van der Waals surface area contributed by atoms with Gasteiger partial charge in [-0.05, 0) is 57.9 Å². The molecule has 6 nitrogen and oxygen atoms in total. The molecule has 2 atom stereocenters. The number of nitrogens with one attached hydrogen (secondary N) is 2. The van der Waals surface area contributed by atoms with Crippen molar-refractivity contribution in [3.63, 3.8) is 0 Å². The number of benzene rings is 1. The van der Waals surface area contributed by atoms with Crippen molar-refractivity contribution < 1.29 is 19.4 Å². The number of carboxylic acid groups (broad SMARTS) is 1. The van der Waals surface area contributed by atoms with Crippen molar-refractivity contribution in [1.82, 2.24) is 10.6 Å². The maximum atomic E-state index is 12.1. The Bertz CT molecular complexity index is 572. The van der Waals surface area contributed by atoms with Gasteiger partial charge in [0.25, 0.3) is 0 Å². The summed E-state index contributed by atoms with van der Waals surface area (Å²) in [4.78, 5) is 23.6. The Morgan fingerprint density at radius 1 is 1.33 bits per heavy atom. The van der Waals surface area contributed by atoms with E-state index in [9.17, 15) is 14.7 Å². The summed E-state index contributed by atoms with van der Waals surface area (Å²) in [5, 5.41) is 15.1. The van der Waals surface area contributed by atoms with Crippen LogP contribution in [-0.2, 0) is 16.0 Å². The molecule has 0 saturated carbocycles. The summed E-state index contributed by atoms with van der Waals surface area (Å²) in [6.07, 6.45) is 1.92. The third kappa shape index (κ3) is 5.53. The van der Waals surface area contributed by atoms with Gasteiger partial charge < -0.3 is 20.5 Å². The lowest BCUT2D eigenvalue weighted by molar-refractivity contribution is -0.142. The van der Waals surface area contributed by atoms with Crippen molar-refractivity contribution in [2.75, 3.05) is 6.54 Å². The molecule has 1 amide bonds. The van der Waals surface area contributed by atoms with Crippen molar-refractivity contribution >= 4 is 11.9 Å². The quantitative estimate of drug-likeness (QED) is 0.737. The number of aliphatic carboxylic acids is 1. The first-order valence-electron chi connectivity index (χ1n) is 8.29. The molecule has 3 N–H and O–H groups in total.